The van der Waals surface area contributed by atoms with Crippen molar-refractivity contribution < 1.29 is 19.1 Å². The highest BCUT2D eigenvalue weighted by Gasteiger charge is 2.21. The highest BCUT2D eigenvalue weighted by molar-refractivity contribution is 9.10. The normalized spacial score (nSPS) is 13.6. The van der Waals surface area contributed by atoms with Crippen molar-refractivity contribution in [2.45, 2.75) is 32.3 Å². The fourth-order valence-corrected chi connectivity index (χ4v) is 3.37. The zero-order chi connectivity index (χ0) is 19.4. The summed E-state index contributed by atoms with van der Waals surface area (Å²) in [5.41, 5.74) is 3.47. The maximum absolute atomic E-state index is 12.5. The van der Waals surface area contributed by atoms with Gasteiger partial charge in [-0.05, 0) is 67.6 Å². The Balaban J connectivity index is 1.51. The van der Waals surface area contributed by atoms with E-state index in [1.54, 1.807) is 37.3 Å². The molecule has 3 rings (SSSR count). The predicted molar refractivity (Wildman–Crippen MR) is 105 cm³/mol. The third kappa shape index (κ3) is 4.83. The van der Waals surface area contributed by atoms with Gasteiger partial charge in [-0.25, -0.2) is 0 Å². The molecule has 0 heterocycles. The second kappa shape index (κ2) is 8.48. The number of benzene rings is 2. The van der Waals surface area contributed by atoms with Gasteiger partial charge in [0.15, 0.2) is 6.10 Å². The van der Waals surface area contributed by atoms with Crippen LogP contribution in [-0.2, 0) is 22.4 Å². The van der Waals surface area contributed by atoms with Gasteiger partial charge in [-0.1, -0.05) is 28.1 Å². The third-order valence-electron chi connectivity index (χ3n) is 4.56. The summed E-state index contributed by atoms with van der Waals surface area (Å²) < 4.78 is 6.04. The van der Waals surface area contributed by atoms with Gasteiger partial charge in [-0.15, -0.1) is 0 Å². The van der Waals surface area contributed by atoms with E-state index in [2.05, 4.69) is 21.2 Å². The van der Waals surface area contributed by atoms with Crippen LogP contribution in [0.3, 0.4) is 0 Å². The van der Waals surface area contributed by atoms with Gasteiger partial charge in [0.2, 0.25) is 5.78 Å². The zero-order valence-electron chi connectivity index (χ0n) is 15.0. The van der Waals surface area contributed by atoms with E-state index in [0.29, 0.717) is 11.1 Å². The second-order valence-corrected chi connectivity index (χ2v) is 7.44. The number of nitrogens with one attached hydrogen (secondary N) is 1. The van der Waals surface area contributed by atoms with Crippen LogP contribution in [0.1, 0.15) is 45.2 Å². The molecule has 0 radical (unpaired) electrons. The molecular formula is C21H20BrNO4. The summed E-state index contributed by atoms with van der Waals surface area (Å²) in [7, 11) is 0. The van der Waals surface area contributed by atoms with Gasteiger partial charge in [-0.2, -0.15) is 0 Å². The van der Waals surface area contributed by atoms with Crippen LogP contribution in [0, 0.1) is 0 Å². The number of hydrogen-bond acceptors (Lipinski definition) is 4. The number of ether oxygens (including phenoxy) is 1. The molecule has 0 bridgehead atoms. The number of ketones is 1. The summed E-state index contributed by atoms with van der Waals surface area (Å²) in [6.07, 6.45) is 2.23. The van der Waals surface area contributed by atoms with Crippen molar-refractivity contribution in [1.29, 1.82) is 0 Å². The number of Topliss-reactive ketones (excluding diaryl/α,β-unsaturated/α-hetero) is 1. The predicted octanol–water partition coefficient (Wildman–Crippen LogP) is 3.48. The first-order valence-electron chi connectivity index (χ1n) is 8.83. The van der Waals surface area contributed by atoms with Crippen LogP contribution >= 0.6 is 15.9 Å². The molecule has 2 aromatic carbocycles. The van der Waals surface area contributed by atoms with Crippen LogP contribution in [0.2, 0.25) is 0 Å². The quantitative estimate of drug-likeness (QED) is 0.563. The maximum atomic E-state index is 12.5. The smallest absolute Gasteiger partial charge is 0.326 e. The molecule has 2 aromatic rings. The van der Waals surface area contributed by atoms with Crippen molar-refractivity contribution in [3.63, 3.8) is 0 Å². The first-order chi connectivity index (χ1) is 12.9. The van der Waals surface area contributed by atoms with Crippen molar-refractivity contribution in [1.82, 2.24) is 5.32 Å². The lowest BCUT2D eigenvalue weighted by Crippen LogP contribution is -2.34. The van der Waals surface area contributed by atoms with Crippen LogP contribution in [-0.4, -0.2) is 30.3 Å². The monoisotopic (exact) mass is 429 g/mol. The Labute approximate surface area is 166 Å². The average Bonchev–Trinajstić information content (AvgIpc) is 3.13. The van der Waals surface area contributed by atoms with Crippen LogP contribution in [0.5, 0.6) is 0 Å². The number of hydrogen-bond donors (Lipinski definition) is 1. The van der Waals surface area contributed by atoms with Crippen molar-refractivity contribution in [2.75, 3.05) is 6.54 Å². The highest BCUT2D eigenvalue weighted by atomic mass is 79.9. The van der Waals surface area contributed by atoms with Gasteiger partial charge in [0, 0.05) is 15.6 Å². The average molecular weight is 430 g/mol. The Hall–Kier alpha value is -2.47. The molecule has 1 atom stereocenters. The molecule has 5 nitrogen and oxygen atoms in total. The van der Waals surface area contributed by atoms with Gasteiger partial charge in [0.25, 0.3) is 5.91 Å². The molecule has 6 heteroatoms. The lowest BCUT2D eigenvalue weighted by atomic mass is 10.0. The van der Waals surface area contributed by atoms with Crippen molar-refractivity contribution in [2.24, 2.45) is 0 Å². The van der Waals surface area contributed by atoms with Crippen molar-refractivity contribution in [3.8, 4) is 0 Å². The van der Waals surface area contributed by atoms with Crippen LogP contribution in [0.4, 0.5) is 0 Å². The Morgan fingerprint density at radius 1 is 1.04 bits per heavy atom. The fourth-order valence-electron chi connectivity index (χ4n) is 3.11. The summed E-state index contributed by atoms with van der Waals surface area (Å²) in [5, 5.41) is 2.50. The number of esters is 1. The minimum Gasteiger partial charge on any atom is -0.453 e. The van der Waals surface area contributed by atoms with E-state index >= 15 is 0 Å². The van der Waals surface area contributed by atoms with Gasteiger partial charge in [-0.3, -0.25) is 14.4 Å². The molecule has 0 saturated carbocycles. The molecule has 1 amide bonds. The van der Waals surface area contributed by atoms with Crippen LogP contribution in [0.25, 0.3) is 0 Å². The van der Waals surface area contributed by atoms with Gasteiger partial charge >= 0.3 is 5.97 Å². The van der Waals surface area contributed by atoms with E-state index in [-0.39, 0.29) is 18.2 Å². The molecule has 0 aliphatic heterocycles. The molecule has 1 unspecified atom stereocenters. The first kappa shape index (κ1) is 19.3. The number of rotatable bonds is 6. The molecule has 0 aromatic heterocycles. The number of fused-ring (bicyclic) bond motifs is 1. The SMILES string of the molecule is CC(OC(=O)CNC(=O)c1ccc(Br)cc1)C(=O)c1ccc2c(c1)CCC2. The van der Waals surface area contributed by atoms with E-state index in [0.717, 1.165) is 23.7 Å². The second-order valence-electron chi connectivity index (χ2n) is 6.52. The molecule has 1 aliphatic rings. The molecule has 140 valence electrons. The molecule has 27 heavy (non-hydrogen) atoms. The number of amides is 1. The van der Waals surface area contributed by atoms with Crippen LogP contribution in [0.15, 0.2) is 46.9 Å². The summed E-state index contributed by atoms with van der Waals surface area (Å²) in [5.74, 6) is -1.27. The molecule has 0 saturated heterocycles. The summed E-state index contributed by atoms with van der Waals surface area (Å²) in [6.45, 7) is 1.25. The van der Waals surface area contributed by atoms with Gasteiger partial charge in [0.1, 0.15) is 6.54 Å². The number of halogens is 1. The first-order valence-corrected chi connectivity index (χ1v) is 9.62. The van der Waals surface area contributed by atoms with E-state index in [1.807, 2.05) is 12.1 Å². The Morgan fingerprint density at radius 3 is 2.44 bits per heavy atom. The summed E-state index contributed by atoms with van der Waals surface area (Å²) in [4.78, 5) is 36.5. The Kier molecular flexibility index (Phi) is 6.06. The zero-order valence-corrected chi connectivity index (χ0v) is 16.5. The topological polar surface area (TPSA) is 72.5 Å². The minimum atomic E-state index is -0.901. The fraction of sp³-hybridized carbons (Fsp3) is 0.286. The standard InChI is InChI=1S/C21H20BrNO4/c1-13(20(25)17-6-5-14-3-2-4-16(14)11-17)27-19(24)12-23-21(26)15-7-9-18(22)10-8-15/h5-11,13H,2-4,12H2,1H3,(H,23,26). The summed E-state index contributed by atoms with van der Waals surface area (Å²) in [6, 6.07) is 12.4. The van der Waals surface area contributed by atoms with E-state index in [4.69, 9.17) is 4.74 Å². The van der Waals surface area contributed by atoms with Crippen molar-refractivity contribution >= 4 is 33.6 Å². The third-order valence-corrected chi connectivity index (χ3v) is 5.09. The van der Waals surface area contributed by atoms with Gasteiger partial charge < -0.3 is 10.1 Å². The Morgan fingerprint density at radius 2 is 1.70 bits per heavy atom. The number of aryl methyl sites for hydroxylation is 2. The highest BCUT2D eigenvalue weighted by Crippen LogP contribution is 2.23. The molecule has 1 aliphatic carbocycles. The molecule has 1 N–H and O–H groups in total. The van der Waals surface area contributed by atoms with Gasteiger partial charge in [0.05, 0.1) is 0 Å². The Bertz CT molecular complexity index is 876. The van der Waals surface area contributed by atoms with E-state index in [1.165, 1.54) is 11.1 Å². The lowest BCUT2D eigenvalue weighted by molar-refractivity contribution is -0.145. The summed E-state index contributed by atoms with van der Waals surface area (Å²) >= 11 is 3.30. The molecule has 0 fully saturated rings. The maximum Gasteiger partial charge on any atom is 0.326 e. The number of carbonyl (C=O) groups is 3. The minimum absolute atomic E-state index is 0.239. The van der Waals surface area contributed by atoms with Crippen LogP contribution < -0.4 is 5.32 Å². The molecular weight excluding hydrogens is 410 g/mol. The lowest BCUT2D eigenvalue weighted by Gasteiger charge is -2.13. The van der Waals surface area contributed by atoms with E-state index in [9.17, 15) is 14.4 Å². The number of carbonyl (C=O) groups excluding carboxylic acids is 3. The largest absolute Gasteiger partial charge is 0.453 e. The molecule has 0 spiro atoms. The van der Waals surface area contributed by atoms with Crippen molar-refractivity contribution in [3.05, 3.63) is 69.2 Å². The van der Waals surface area contributed by atoms with E-state index < -0.39 is 12.1 Å².